The molecule has 2 aromatic carbocycles. The summed E-state index contributed by atoms with van der Waals surface area (Å²) in [5.74, 6) is 0.914. The standard InChI is InChI=1S/C17H17NO/c1-12-11-16(12)17(19)18-15-9-7-14(8-10-15)13-5-3-2-4-6-13/h2-10,12,16H,11H2,1H3,(H,18,19)/t12-,16+/m1/s1. The second-order valence-corrected chi connectivity index (χ2v) is 5.25. The maximum Gasteiger partial charge on any atom is 0.227 e. The molecule has 0 unspecified atom stereocenters. The van der Waals surface area contributed by atoms with Gasteiger partial charge >= 0.3 is 0 Å². The van der Waals surface area contributed by atoms with Gasteiger partial charge in [-0.1, -0.05) is 49.4 Å². The number of anilines is 1. The van der Waals surface area contributed by atoms with Gasteiger partial charge in [-0.05, 0) is 35.6 Å². The van der Waals surface area contributed by atoms with Gasteiger partial charge in [0.25, 0.3) is 0 Å². The van der Waals surface area contributed by atoms with Gasteiger partial charge in [0.05, 0.1) is 0 Å². The van der Waals surface area contributed by atoms with E-state index in [2.05, 4.69) is 24.4 Å². The van der Waals surface area contributed by atoms with Crippen LogP contribution in [-0.2, 0) is 4.79 Å². The number of carbonyl (C=O) groups is 1. The van der Waals surface area contributed by atoms with E-state index in [0.29, 0.717) is 5.92 Å². The molecule has 1 aliphatic rings. The molecule has 3 rings (SSSR count). The smallest absolute Gasteiger partial charge is 0.227 e. The largest absolute Gasteiger partial charge is 0.326 e. The van der Waals surface area contributed by atoms with Crippen molar-refractivity contribution >= 4 is 11.6 Å². The first kappa shape index (κ1) is 12.0. The molecule has 0 aromatic heterocycles. The number of hydrogen-bond donors (Lipinski definition) is 1. The first-order chi connectivity index (χ1) is 9.24. The lowest BCUT2D eigenvalue weighted by atomic mass is 10.1. The lowest BCUT2D eigenvalue weighted by molar-refractivity contribution is -0.117. The van der Waals surface area contributed by atoms with Crippen molar-refractivity contribution in [3.05, 3.63) is 54.6 Å². The van der Waals surface area contributed by atoms with Gasteiger partial charge in [-0.3, -0.25) is 4.79 Å². The minimum Gasteiger partial charge on any atom is -0.326 e. The molecule has 1 amide bonds. The van der Waals surface area contributed by atoms with Gasteiger partial charge in [-0.25, -0.2) is 0 Å². The van der Waals surface area contributed by atoms with E-state index in [4.69, 9.17) is 0 Å². The Morgan fingerprint density at radius 1 is 1.00 bits per heavy atom. The molecule has 0 saturated heterocycles. The van der Waals surface area contributed by atoms with E-state index < -0.39 is 0 Å². The molecule has 0 spiro atoms. The average molecular weight is 251 g/mol. The molecule has 0 heterocycles. The Balaban J connectivity index is 1.71. The van der Waals surface area contributed by atoms with Crippen molar-refractivity contribution in [3.63, 3.8) is 0 Å². The van der Waals surface area contributed by atoms with Crippen LogP contribution in [0.5, 0.6) is 0 Å². The van der Waals surface area contributed by atoms with Gasteiger partial charge in [0.1, 0.15) is 0 Å². The monoisotopic (exact) mass is 251 g/mol. The summed E-state index contributed by atoms with van der Waals surface area (Å²) in [7, 11) is 0. The van der Waals surface area contributed by atoms with Crippen LogP contribution < -0.4 is 5.32 Å². The van der Waals surface area contributed by atoms with Crippen molar-refractivity contribution in [1.29, 1.82) is 0 Å². The van der Waals surface area contributed by atoms with E-state index in [1.54, 1.807) is 0 Å². The lowest BCUT2D eigenvalue weighted by Crippen LogP contribution is -2.14. The van der Waals surface area contributed by atoms with Crippen LogP contribution in [0.2, 0.25) is 0 Å². The van der Waals surface area contributed by atoms with Crippen LogP contribution in [-0.4, -0.2) is 5.91 Å². The molecule has 1 saturated carbocycles. The van der Waals surface area contributed by atoms with Crippen LogP contribution in [0.4, 0.5) is 5.69 Å². The highest BCUT2D eigenvalue weighted by molar-refractivity contribution is 5.94. The highest BCUT2D eigenvalue weighted by Gasteiger charge is 2.38. The van der Waals surface area contributed by atoms with Gasteiger partial charge in [0.15, 0.2) is 0 Å². The molecule has 0 aliphatic heterocycles. The quantitative estimate of drug-likeness (QED) is 0.879. The van der Waals surface area contributed by atoms with Crippen LogP contribution in [0, 0.1) is 11.8 Å². The highest BCUT2D eigenvalue weighted by atomic mass is 16.2. The molecule has 1 N–H and O–H groups in total. The molecule has 0 radical (unpaired) electrons. The van der Waals surface area contributed by atoms with E-state index in [1.807, 2.05) is 42.5 Å². The minimum absolute atomic E-state index is 0.153. The second-order valence-electron chi connectivity index (χ2n) is 5.25. The van der Waals surface area contributed by atoms with Crippen LogP contribution in [0.15, 0.2) is 54.6 Å². The summed E-state index contributed by atoms with van der Waals surface area (Å²) < 4.78 is 0. The van der Waals surface area contributed by atoms with E-state index in [-0.39, 0.29) is 11.8 Å². The Morgan fingerprint density at radius 2 is 1.58 bits per heavy atom. The highest BCUT2D eigenvalue weighted by Crippen LogP contribution is 2.38. The average Bonchev–Trinajstić information content (AvgIpc) is 3.18. The van der Waals surface area contributed by atoms with Crippen LogP contribution in [0.3, 0.4) is 0 Å². The predicted molar refractivity (Wildman–Crippen MR) is 77.8 cm³/mol. The molecule has 2 aromatic rings. The number of carbonyl (C=O) groups excluding carboxylic acids is 1. The second kappa shape index (κ2) is 4.88. The number of hydrogen-bond acceptors (Lipinski definition) is 1. The van der Waals surface area contributed by atoms with Crippen molar-refractivity contribution < 1.29 is 4.79 Å². The Kier molecular flexibility index (Phi) is 3.08. The van der Waals surface area contributed by atoms with Crippen molar-refractivity contribution in [2.45, 2.75) is 13.3 Å². The first-order valence-electron chi connectivity index (χ1n) is 6.70. The third-order valence-corrected chi connectivity index (χ3v) is 3.71. The Labute approximate surface area is 113 Å². The van der Waals surface area contributed by atoms with Gasteiger partial charge in [-0.15, -0.1) is 0 Å². The molecule has 2 nitrogen and oxygen atoms in total. The fraction of sp³-hybridized carbons (Fsp3) is 0.235. The van der Waals surface area contributed by atoms with Gasteiger partial charge in [0.2, 0.25) is 5.91 Å². The summed E-state index contributed by atoms with van der Waals surface area (Å²) in [6.07, 6.45) is 1.02. The molecule has 0 bridgehead atoms. The van der Waals surface area contributed by atoms with Crippen LogP contribution in [0.1, 0.15) is 13.3 Å². The molecule has 96 valence electrons. The number of amides is 1. The normalized spacial score (nSPS) is 20.9. The van der Waals surface area contributed by atoms with Crippen molar-refractivity contribution in [3.8, 4) is 11.1 Å². The zero-order valence-electron chi connectivity index (χ0n) is 11.0. The molecule has 2 atom stereocenters. The van der Waals surface area contributed by atoms with Gasteiger partial charge in [0, 0.05) is 11.6 Å². The third kappa shape index (κ3) is 2.68. The van der Waals surface area contributed by atoms with Crippen LogP contribution >= 0.6 is 0 Å². The van der Waals surface area contributed by atoms with Gasteiger partial charge in [-0.2, -0.15) is 0 Å². The first-order valence-corrected chi connectivity index (χ1v) is 6.70. The number of nitrogens with one attached hydrogen (secondary N) is 1. The Hall–Kier alpha value is -2.09. The fourth-order valence-electron chi connectivity index (χ4n) is 2.30. The lowest BCUT2D eigenvalue weighted by Gasteiger charge is -2.06. The number of benzene rings is 2. The zero-order chi connectivity index (χ0) is 13.2. The molecule has 1 fully saturated rings. The summed E-state index contributed by atoms with van der Waals surface area (Å²) >= 11 is 0. The topological polar surface area (TPSA) is 29.1 Å². The molecule has 19 heavy (non-hydrogen) atoms. The summed E-state index contributed by atoms with van der Waals surface area (Å²) in [4.78, 5) is 11.8. The van der Waals surface area contributed by atoms with E-state index in [9.17, 15) is 4.79 Å². The van der Waals surface area contributed by atoms with Crippen molar-refractivity contribution in [2.24, 2.45) is 11.8 Å². The summed E-state index contributed by atoms with van der Waals surface area (Å²) in [5.41, 5.74) is 3.23. The van der Waals surface area contributed by atoms with Crippen LogP contribution in [0.25, 0.3) is 11.1 Å². The van der Waals surface area contributed by atoms with Crippen molar-refractivity contribution in [1.82, 2.24) is 0 Å². The molecule has 2 heteroatoms. The molecular formula is C17H17NO. The molecule has 1 aliphatic carbocycles. The van der Waals surface area contributed by atoms with Gasteiger partial charge < -0.3 is 5.32 Å². The van der Waals surface area contributed by atoms with E-state index in [1.165, 1.54) is 11.1 Å². The number of rotatable bonds is 3. The summed E-state index contributed by atoms with van der Waals surface area (Å²) in [6, 6.07) is 18.2. The molecular weight excluding hydrogens is 234 g/mol. The Bertz CT molecular complexity index is 574. The van der Waals surface area contributed by atoms with E-state index in [0.717, 1.165) is 12.1 Å². The maximum atomic E-state index is 11.8. The fourth-order valence-corrected chi connectivity index (χ4v) is 2.30. The van der Waals surface area contributed by atoms with Crippen molar-refractivity contribution in [2.75, 3.05) is 5.32 Å². The summed E-state index contributed by atoms with van der Waals surface area (Å²) in [5, 5.41) is 2.97. The maximum absolute atomic E-state index is 11.8. The third-order valence-electron chi connectivity index (χ3n) is 3.71. The minimum atomic E-state index is 0.153. The van der Waals surface area contributed by atoms with E-state index >= 15 is 0 Å². The zero-order valence-corrected chi connectivity index (χ0v) is 11.0. The summed E-state index contributed by atoms with van der Waals surface area (Å²) in [6.45, 7) is 2.11. The Morgan fingerprint density at radius 3 is 2.16 bits per heavy atom. The predicted octanol–water partition coefficient (Wildman–Crippen LogP) is 3.95. The SMILES string of the molecule is C[C@@H]1C[C@@H]1C(=O)Nc1ccc(-c2ccccc2)cc1.